The number of ether oxygens (including phenoxy) is 1. The highest BCUT2D eigenvalue weighted by atomic mass is 35.5. The van der Waals surface area contributed by atoms with Gasteiger partial charge < -0.3 is 10.1 Å². The van der Waals surface area contributed by atoms with E-state index in [4.69, 9.17) is 16.3 Å². The van der Waals surface area contributed by atoms with Crippen LogP contribution in [0.1, 0.15) is 13.8 Å². The number of hydrogen-bond acceptors (Lipinski definition) is 4. The Balaban J connectivity index is 2.79. The number of benzene rings is 1. The summed E-state index contributed by atoms with van der Waals surface area (Å²) in [5.41, 5.74) is -0.127. The lowest BCUT2D eigenvalue weighted by atomic mass is 10.3. The zero-order valence-corrected chi connectivity index (χ0v) is 10.7. The van der Waals surface area contributed by atoms with E-state index in [1.54, 1.807) is 13.8 Å². The number of halogens is 1. The highest BCUT2D eigenvalue weighted by Crippen LogP contribution is 2.29. The van der Waals surface area contributed by atoms with Gasteiger partial charge in [0.25, 0.3) is 11.6 Å². The second-order valence-electron chi connectivity index (χ2n) is 3.53. The number of carbonyl (C=O) groups excluding carboxylic acids is 1. The molecule has 1 aromatic carbocycles. The average Bonchev–Trinajstić information content (AvgIpc) is 2.31. The second-order valence-corrected chi connectivity index (χ2v) is 3.93. The van der Waals surface area contributed by atoms with Crippen LogP contribution in [-0.4, -0.2) is 23.5 Å². The Morgan fingerprint density at radius 3 is 2.78 bits per heavy atom. The van der Waals surface area contributed by atoms with Crippen LogP contribution >= 0.6 is 11.6 Å². The average molecular weight is 273 g/mol. The van der Waals surface area contributed by atoms with E-state index in [9.17, 15) is 14.9 Å². The maximum Gasteiger partial charge on any atom is 0.271 e. The molecular weight excluding hydrogens is 260 g/mol. The summed E-state index contributed by atoms with van der Waals surface area (Å²) in [5.74, 6) is -0.0343. The zero-order chi connectivity index (χ0) is 13.7. The lowest BCUT2D eigenvalue weighted by Gasteiger charge is -2.14. The number of likely N-dealkylation sites (N-methyl/N-ethyl adjacent to an activating group) is 1. The van der Waals surface area contributed by atoms with Crippen molar-refractivity contribution >= 4 is 23.2 Å². The molecule has 0 saturated carbocycles. The SMILES string of the molecule is CCNC(=O)C(C)Oc1ccc([N+](=O)[O-])cc1Cl. The van der Waals surface area contributed by atoms with Crippen molar-refractivity contribution in [2.75, 3.05) is 6.54 Å². The predicted molar refractivity (Wildman–Crippen MR) is 66.9 cm³/mol. The number of non-ortho nitro benzene ring substituents is 1. The molecule has 7 heteroatoms. The predicted octanol–water partition coefficient (Wildman–Crippen LogP) is 2.15. The van der Waals surface area contributed by atoms with E-state index in [0.717, 1.165) is 0 Å². The molecule has 0 bridgehead atoms. The number of nitro groups is 1. The van der Waals surface area contributed by atoms with Gasteiger partial charge in [-0.3, -0.25) is 14.9 Å². The number of rotatable bonds is 5. The molecule has 0 spiro atoms. The minimum atomic E-state index is -0.719. The third kappa shape index (κ3) is 3.59. The van der Waals surface area contributed by atoms with Crippen molar-refractivity contribution in [3.63, 3.8) is 0 Å². The quantitative estimate of drug-likeness (QED) is 0.658. The van der Waals surface area contributed by atoms with E-state index in [2.05, 4.69) is 5.32 Å². The van der Waals surface area contributed by atoms with E-state index in [-0.39, 0.29) is 22.4 Å². The normalized spacial score (nSPS) is 11.7. The first-order valence-electron chi connectivity index (χ1n) is 5.34. The molecule has 1 unspecified atom stereocenters. The van der Waals surface area contributed by atoms with E-state index in [1.165, 1.54) is 18.2 Å². The maximum atomic E-state index is 11.4. The van der Waals surface area contributed by atoms with Crippen molar-refractivity contribution in [1.29, 1.82) is 0 Å². The van der Waals surface area contributed by atoms with Gasteiger partial charge in [-0.1, -0.05) is 11.6 Å². The third-order valence-electron chi connectivity index (χ3n) is 2.15. The van der Waals surface area contributed by atoms with Crippen molar-refractivity contribution in [1.82, 2.24) is 5.32 Å². The Kier molecular flexibility index (Phi) is 4.91. The van der Waals surface area contributed by atoms with Gasteiger partial charge in [-0.2, -0.15) is 0 Å². The highest BCUT2D eigenvalue weighted by Gasteiger charge is 2.16. The molecule has 18 heavy (non-hydrogen) atoms. The van der Waals surface area contributed by atoms with E-state index >= 15 is 0 Å². The van der Waals surface area contributed by atoms with Crippen LogP contribution in [0.25, 0.3) is 0 Å². The summed E-state index contributed by atoms with van der Waals surface area (Å²) in [6.45, 7) is 3.87. The van der Waals surface area contributed by atoms with Crippen molar-refractivity contribution in [3.05, 3.63) is 33.3 Å². The monoisotopic (exact) mass is 272 g/mol. The smallest absolute Gasteiger partial charge is 0.271 e. The van der Waals surface area contributed by atoms with Gasteiger partial charge >= 0.3 is 0 Å². The van der Waals surface area contributed by atoms with Crippen LogP contribution < -0.4 is 10.1 Å². The second kappa shape index (κ2) is 6.20. The molecule has 1 atom stereocenters. The van der Waals surface area contributed by atoms with Crippen molar-refractivity contribution < 1.29 is 14.5 Å². The number of nitro benzene ring substituents is 1. The molecule has 98 valence electrons. The molecule has 1 aromatic rings. The van der Waals surface area contributed by atoms with Gasteiger partial charge in [-0.15, -0.1) is 0 Å². The Labute approximate surface area is 109 Å². The highest BCUT2D eigenvalue weighted by molar-refractivity contribution is 6.32. The standard InChI is InChI=1S/C11H13ClN2O4/c1-3-13-11(15)7(2)18-10-5-4-8(14(16)17)6-9(10)12/h4-7H,3H2,1-2H3,(H,13,15). The molecule has 0 aliphatic rings. The Bertz CT molecular complexity index is 464. The van der Waals surface area contributed by atoms with E-state index in [0.29, 0.717) is 6.54 Å². The largest absolute Gasteiger partial charge is 0.479 e. The van der Waals surface area contributed by atoms with Crippen LogP contribution in [0.2, 0.25) is 5.02 Å². The van der Waals surface area contributed by atoms with Crippen LogP contribution in [0.4, 0.5) is 5.69 Å². The summed E-state index contributed by atoms with van der Waals surface area (Å²) in [5, 5.41) is 13.2. The van der Waals surface area contributed by atoms with Crippen LogP contribution in [0.3, 0.4) is 0 Å². The van der Waals surface area contributed by atoms with Gasteiger partial charge in [0.2, 0.25) is 0 Å². The molecular formula is C11H13ClN2O4. The van der Waals surface area contributed by atoms with Gasteiger partial charge in [0, 0.05) is 18.7 Å². The Morgan fingerprint density at radius 1 is 1.61 bits per heavy atom. The summed E-state index contributed by atoms with van der Waals surface area (Å²) >= 11 is 5.84. The zero-order valence-electron chi connectivity index (χ0n) is 9.97. The Morgan fingerprint density at radius 2 is 2.28 bits per heavy atom. The van der Waals surface area contributed by atoms with Crippen molar-refractivity contribution in [2.45, 2.75) is 20.0 Å². The van der Waals surface area contributed by atoms with Crippen molar-refractivity contribution in [2.24, 2.45) is 0 Å². The minimum Gasteiger partial charge on any atom is -0.479 e. The molecule has 0 heterocycles. The maximum absolute atomic E-state index is 11.4. The molecule has 0 radical (unpaired) electrons. The van der Waals surface area contributed by atoms with Crippen molar-refractivity contribution in [3.8, 4) is 5.75 Å². The van der Waals surface area contributed by atoms with E-state index in [1.807, 2.05) is 0 Å². The molecule has 1 amide bonds. The third-order valence-corrected chi connectivity index (χ3v) is 2.45. The van der Waals surface area contributed by atoms with Gasteiger partial charge in [0.15, 0.2) is 6.10 Å². The first-order valence-corrected chi connectivity index (χ1v) is 5.71. The van der Waals surface area contributed by atoms with Crippen LogP contribution in [0, 0.1) is 10.1 Å². The van der Waals surface area contributed by atoms with Gasteiger partial charge in [0.1, 0.15) is 5.75 Å². The van der Waals surface area contributed by atoms with Gasteiger partial charge in [-0.25, -0.2) is 0 Å². The molecule has 0 saturated heterocycles. The number of hydrogen-bond donors (Lipinski definition) is 1. The fraction of sp³-hybridized carbons (Fsp3) is 0.364. The molecule has 0 fully saturated rings. The molecule has 1 rings (SSSR count). The first kappa shape index (κ1) is 14.2. The molecule has 0 aliphatic heterocycles. The van der Waals surface area contributed by atoms with Crippen LogP contribution in [-0.2, 0) is 4.79 Å². The number of nitrogens with zero attached hydrogens (tertiary/aromatic N) is 1. The van der Waals surface area contributed by atoms with Crippen LogP contribution in [0.5, 0.6) is 5.75 Å². The topological polar surface area (TPSA) is 81.5 Å². The lowest BCUT2D eigenvalue weighted by Crippen LogP contribution is -2.36. The Hall–Kier alpha value is -1.82. The summed E-state index contributed by atoms with van der Waals surface area (Å²) < 4.78 is 5.33. The lowest BCUT2D eigenvalue weighted by molar-refractivity contribution is -0.384. The molecule has 0 aliphatic carbocycles. The minimum absolute atomic E-state index is 0.0975. The van der Waals surface area contributed by atoms with Gasteiger partial charge in [0.05, 0.1) is 9.95 Å². The fourth-order valence-electron chi connectivity index (χ4n) is 1.26. The molecule has 6 nitrogen and oxygen atoms in total. The fourth-order valence-corrected chi connectivity index (χ4v) is 1.48. The first-order chi connectivity index (χ1) is 8.45. The van der Waals surface area contributed by atoms with E-state index < -0.39 is 11.0 Å². The number of amides is 1. The molecule has 0 aromatic heterocycles. The number of carbonyl (C=O) groups is 1. The number of nitrogens with one attached hydrogen (secondary N) is 1. The summed E-state index contributed by atoms with van der Waals surface area (Å²) in [6, 6.07) is 3.82. The van der Waals surface area contributed by atoms with Gasteiger partial charge in [-0.05, 0) is 19.9 Å². The summed E-state index contributed by atoms with van der Waals surface area (Å²) in [7, 11) is 0. The van der Waals surface area contributed by atoms with Crippen LogP contribution in [0.15, 0.2) is 18.2 Å². The summed E-state index contributed by atoms with van der Waals surface area (Å²) in [6.07, 6.45) is -0.719. The summed E-state index contributed by atoms with van der Waals surface area (Å²) in [4.78, 5) is 21.4. The molecule has 1 N–H and O–H groups in total.